The maximum Gasteiger partial charge on any atom is 0.325 e. The molecule has 1 fully saturated rings. The van der Waals surface area contributed by atoms with Crippen LogP contribution >= 0.6 is 0 Å². The summed E-state index contributed by atoms with van der Waals surface area (Å²) in [6.07, 6.45) is 0.943. The summed E-state index contributed by atoms with van der Waals surface area (Å²) in [5.74, 6) is -1.07. The number of aliphatic carboxylic acids is 1. The monoisotopic (exact) mass is 216 g/mol. The number of rotatable bonds is 2. The van der Waals surface area contributed by atoms with Gasteiger partial charge in [0.05, 0.1) is 6.10 Å². The fraction of sp³-hybridized carbons (Fsp3) is 0.778. The predicted molar refractivity (Wildman–Crippen MR) is 52.4 cm³/mol. The number of piperidine rings is 1. The first-order chi connectivity index (χ1) is 7.00. The highest BCUT2D eigenvalue weighted by atomic mass is 16.4. The van der Waals surface area contributed by atoms with Crippen molar-refractivity contribution < 1.29 is 19.8 Å². The van der Waals surface area contributed by atoms with Gasteiger partial charge < -0.3 is 20.4 Å². The van der Waals surface area contributed by atoms with E-state index in [1.165, 1.54) is 11.8 Å². The molecule has 2 amide bonds. The van der Waals surface area contributed by atoms with E-state index in [9.17, 15) is 14.7 Å². The summed E-state index contributed by atoms with van der Waals surface area (Å²) in [7, 11) is 0. The molecule has 15 heavy (non-hydrogen) atoms. The van der Waals surface area contributed by atoms with Crippen LogP contribution in [0.3, 0.4) is 0 Å². The smallest absolute Gasteiger partial charge is 0.325 e. The number of aliphatic hydroxyl groups is 1. The van der Waals surface area contributed by atoms with Gasteiger partial charge in [-0.3, -0.25) is 4.79 Å². The Morgan fingerprint density at radius 2 is 2.20 bits per heavy atom. The van der Waals surface area contributed by atoms with Gasteiger partial charge in [0, 0.05) is 13.1 Å². The number of amides is 2. The summed E-state index contributed by atoms with van der Waals surface area (Å²) < 4.78 is 0. The molecule has 0 bridgehead atoms. The van der Waals surface area contributed by atoms with Crippen molar-refractivity contribution >= 4 is 12.0 Å². The van der Waals surface area contributed by atoms with E-state index >= 15 is 0 Å². The summed E-state index contributed by atoms with van der Waals surface area (Å²) in [6.45, 7) is 2.24. The molecule has 0 radical (unpaired) electrons. The Morgan fingerprint density at radius 3 is 2.73 bits per heavy atom. The van der Waals surface area contributed by atoms with Gasteiger partial charge in [-0.05, 0) is 19.8 Å². The molecule has 1 aliphatic rings. The van der Waals surface area contributed by atoms with Gasteiger partial charge in [0.2, 0.25) is 0 Å². The molecule has 1 unspecified atom stereocenters. The van der Waals surface area contributed by atoms with E-state index in [4.69, 9.17) is 5.11 Å². The third-order valence-corrected chi connectivity index (χ3v) is 2.39. The van der Waals surface area contributed by atoms with E-state index in [1.54, 1.807) is 0 Å². The van der Waals surface area contributed by atoms with Gasteiger partial charge in [0.1, 0.15) is 6.04 Å². The first-order valence-corrected chi connectivity index (χ1v) is 4.97. The van der Waals surface area contributed by atoms with E-state index in [0.29, 0.717) is 13.0 Å². The van der Waals surface area contributed by atoms with E-state index in [2.05, 4.69) is 5.32 Å². The van der Waals surface area contributed by atoms with E-state index in [-0.39, 0.29) is 6.54 Å². The van der Waals surface area contributed by atoms with Crippen molar-refractivity contribution in [3.63, 3.8) is 0 Å². The fourth-order valence-corrected chi connectivity index (χ4v) is 1.48. The number of nitrogens with zero attached hydrogens (tertiary/aromatic N) is 1. The Hall–Kier alpha value is -1.30. The van der Waals surface area contributed by atoms with Gasteiger partial charge >= 0.3 is 12.0 Å². The largest absolute Gasteiger partial charge is 0.480 e. The minimum atomic E-state index is -1.07. The molecule has 0 spiro atoms. The third kappa shape index (κ3) is 3.39. The van der Waals surface area contributed by atoms with E-state index in [1.807, 2.05) is 0 Å². The second kappa shape index (κ2) is 4.97. The Labute approximate surface area is 87.9 Å². The number of nitrogens with one attached hydrogen (secondary N) is 1. The molecule has 1 heterocycles. The average Bonchev–Trinajstić information content (AvgIpc) is 2.17. The Kier molecular flexibility index (Phi) is 3.90. The zero-order chi connectivity index (χ0) is 11.4. The van der Waals surface area contributed by atoms with Crippen LogP contribution in [0.25, 0.3) is 0 Å². The Balaban J connectivity index is 2.42. The zero-order valence-electron chi connectivity index (χ0n) is 8.64. The number of urea groups is 1. The van der Waals surface area contributed by atoms with Gasteiger partial charge in [-0.1, -0.05) is 0 Å². The summed E-state index contributed by atoms with van der Waals surface area (Å²) in [5.41, 5.74) is 0. The number of likely N-dealkylation sites (tertiary alicyclic amines) is 1. The summed E-state index contributed by atoms with van der Waals surface area (Å²) in [6, 6.07) is -1.33. The Bertz CT molecular complexity index is 256. The van der Waals surface area contributed by atoms with Crippen LogP contribution in [0.5, 0.6) is 0 Å². The quantitative estimate of drug-likeness (QED) is 0.587. The highest BCUT2D eigenvalue weighted by Gasteiger charge is 2.24. The lowest BCUT2D eigenvalue weighted by atomic mass is 10.1. The summed E-state index contributed by atoms with van der Waals surface area (Å²) in [5, 5.41) is 20.3. The molecule has 2 atom stereocenters. The first-order valence-electron chi connectivity index (χ1n) is 4.97. The zero-order valence-corrected chi connectivity index (χ0v) is 8.64. The molecule has 6 heteroatoms. The maximum absolute atomic E-state index is 11.5. The standard InChI is InChI=1S/C9H16N2O4/c1-6(8(13)14)10-9(15)11-4-2-3-7(12)5-11/h6-7,12H,2-5H2,1H3,(H,10,15)(H,13,14)/t6-,7?/m1/s1. The SMILES string of the molecule is C[C@@H](NC(=O)N1CCCC(O)C1)C(=O)O. The molecule has 1 saturated heterocycles. The molecule has 1 aliphatic heterocycles. The predicted octanol–water partition coefficient (Wildman–Crippen LogP) is -0.374. The molecular weight excluding hydrogens is 200 g/mol. The van der Waals surface area contributed by atoms with Crippen LogP contribution in [0.1, 0.15) is 19.8 Å². The normalized spacial score (nSPS) is 23.3. The molecule has 3 N–H and O–H groups in total. The molecular formula is C9H16N2O4. The molecule has 0 aromatic rings. The number of carbonyl (C=O) groups excluding carboxylic acids is 1. The van der Waals surface area contributed by atoms with Crippen molar-refractivity contribution in [1.82, 2.24) is 10.2 Å². The topological polar surface area (TPSA) is 89.9 Å². The maximum atomic E-state index is 11.5. The molecule has 0 aromatic carbocycles. The van der Waals surface area contributed by atoms with Crippen LogP contribution in [-0.2, 0) is 4.79 Å². The van der Waals surface area contributed by atoms with E-state index in [0.717, 1.165) is 6.42 Å². The summed E-state index contributed by atoms with van der Waals surface area (Å²) in [4.78, 5) is 23.4. The first kappa shape index (κ1) is 11.8. The van der Waals surface area contributed by atoms with Crippen LogP contribution in [0.4, 0.5) is 4.79 Å². The van der Waals surface area contributed by atoms with Crippen molar-refractivity contribution in [1.29, 1.82) is 0 Å². The van der Waals surface area contributed by atoms with Crippen LogP contribution in [-0.4, -0.2) is 52.3 Å². The lowest BCUT2D eigenvalue weighted by molar-refractivity contribution is -0.138. The number of carboxylic acids is 1. The van der Waals surface area contributed by atoms with Crippen molar-refractivity contribution in [2.24, 2.45) is 0 Å². The summed E-state index contributed by atoms with van der Waals surface area (Å²) >= 11 is 0. The minimum absolute atomic E-state index is 0.276. The molecule has 6 nitrogen and oxygen atoms in total. The van der Waals surface area contributed by atoms with Gasteiger partial charge in [-0.25, -0.2) is 4.79 Å². The van der Waals surface area contributed by atoms with Gasteiger partial charge in [0.15, 0.2) is 0 Å². The second-order valence-corrected chi connectivity index (χ2v) is 3.75. The molecule has 86 valence electrons. The lowest BCUT2D eigenvalue weighted by Crippen LogP contribution is -2.50. The number of hydrogen-bond donors (Lipinski definition) is 3. The van der Waals surface area contributed by atoms with Crippen LogP contribution < -0.4 is 5.32 Å². The molecule has 0 aliphatic carbocycles. The van der Waals surface area contributed by atoms with Crippen molar-refractivity contribution in [3.05, 3.63) is 0 Å². The van der Waals surface area contributed by atoms with Crippen molar-refractivity contribution in [2.45, 2.75) is 31.9 Å². The molecule has 1 rings (SSSR count). The van der Waals surface area contributed by atoms with Crippen LogP contribution in [0.15, 0.2) is 0 Å². The third-order valence-electron chi connectivity index (χ3n) is 2.39. The highest BCUT2D eigenvalue weighted by molar-refractivity contribution is 5.82. The Morgan fingerprint density at radius 1 is 1.53 bits per heavy atom. The van der Waals surface area contributed by atoms with Gasteiger partial charge in [-0.2, -0.15) is 0 Å². The van der Waals surface area contributed by atoms with Crippen molar-refractivity contribution in [2.75, 3.05) is 13.1 Å². The fourth-order valence-electron chi connectivity index (χ4n) is 1.48. The van der Waals surface area contributed by atoms with Crippen LogP contribution in [0, 0.1) is 0 Å². The highest BCUT2D eigenvalue weighted by Crippen LogP contribution is 2.09. The van der Waals surface area contributed by atoms with E-state index < -0.39 is 24.1 Å². The molecule has 0 saturated carbocycles. The number of β-amino-alcohol motifs (C(OH)–C–C–N with tert-alkyl or cyclic N) is 1. The second-order valence-electron chi connectivity index (χ2n) is 3.75. The number of aliphatic hydroxyl groups excluding tert-OH is 1. The lowest BCUT2D eigenvalue weighted by Gasteiger charge is -2.30. The number of carbonyl (C=O) groups is 2. The van der Waals surface area contributed by atoms with Crippen molar-refractivity contribution in [3.8, 4) is 0 Å². The number of carboxylic acid groups (broad SMARTS) is 1. The minimum Gasteiger partial charge on any atom is -0.480 e. The van der Waals surface area contributed by atoms with Crippen LogP contribution in [0.2, 0.25) is 0 Å². The molecule has 0 aromatic heterocycles. The van der Waals surface area contributed by atoms with Gasteiger partial charge in [0.25, 0.3) is 0 Å². The van der Waals surface area contributed by atoms with Gasteiger partial charge in [-0.15, -0.1) is 0 Å². The number of hydrogen-bond acceptors (Lipinski definition) is 3. The average molecular weight is 216 g/mol.